The highest BCUT2D eigenvalue weighted by molar-refractivity contribution is 5.22. The molecule has 0 radical (unpaired) electrons. The molecule has 2 N–H and O–H groups in total. The predicted octanol–water partition coefficient (Wildman–Crippen LogP) is 2.31. The molecule has 0 aliphatic heterocycles. The fourth-order valence-corrected chi connectivity index (χ4v) is 1.75. The van der Waals surface area contributed by atoms with E-state index >= 15 is 0 Å². The Morgan fingerprint density at radius 1 is 1.11 bits per heavy atom. The fourth-order valence-electron chi connectivity index (χ4n) is 1.75. The zero-order chi connectivity index (χ0) is 13.4. The Morgan fingerprint density at radius 3 is 2.50 bits per heavy atom. The van der Waals surface area contributed by atoms with Crippen LogP contribution in [-0.4, -0.2) is 25.7 Å². The third kappa shape index (κ3) is 6.74. The molecular weight excluding hydrogens is 224 g/mol. The number of nitrogens with one attached hydrogen (secondary N) is 2. The van der Waals surface area contributed by atoms with Gasteiger partial charge < -0.3 is 15.4 Å². The number of methoxy groups -OCH3 is 1. The van der Waals surface area contributed by atoms with E-state index in [1.807, 2.05) is 0 Å². The first kappa shape index (κ1) is 15.2. The van der Waals surface area contributed by atoms with E-state index in [4.69, 9.17) is 4.74 Å². The number of hydrogen-bond donors (Lipinski definition) is 2. The first-order chi connectivity index (χ1) is 8.51. The quantitative estimate of drug-likeness (QED) is 0.729. The summed E-state index contributed by atoms with van der Waals surface area (Å²) in [6.07, 6.45) is 0. The first-order valence-electron chi connectivity index (χ1n) is 6.54. The van der Waals surface area contributed by atoms with Crippen molar-refractivity contribution in [1.29, 1.82) is 0 Å². The standard InChI is InChI=1S/C15H26N2O/c1-15(2,3)17-9-8-16-11-13-6-5-7-14(10-13)12-18-4/h5-7,10,16-17H,8-9,11-12H2,1-4H3. The lowest BCUT2D eigenvalue weighted by atomic mass is 10.1. The summed E-state index contributed by atoms with van der Waals surface area (Å²) in [5.74, 6) is 0. The summed E-state index contributed by atoms with van der Waals surface area (Å²) in [6, 6.07) is 8.50. The highest BCUT2D eigenvalue weighted by Gasteiger charge is 2.06. The lowest BCUT2D eigenvalue weighted by Gasteiger charge is -2.20. The normalized spacial score (nSPS) is 11.8. The average Bonchev–Trinajstić information content (AvgIpc) is 2.28. The molecule has 1 rings (SSSR count). The van der Waals surface area contributed by atoms with Crippen LogP contribution in [0, 0.1) is 0 Å². The molecule has 3 heteroatoms. The Morgan fingerprint density at radius 2 is 1.83 bits per heavy atom. The minimum absolute atomic E-state index is 0.195. The van der Waals surface area contributed by atoms with Crippen molar-refractivity contribution in [2.24, 2.45) is 0 Å². The van der Waals surface area contributed by atoms with Crippen molar-refractivity contribution in [1.82, 2.24) is 10.6 Å². The molecule has 0 atom stereocenters. The zero-order valence-corrected chi connectivity index (χ0v) is 12.0. The number of benzene rings is 1. The lowest BCUT2D eigenvalue weighted by molar-refractivity contribution is 0.185. The summed E-state index contributed by atoms with van der Waals surface area (Å²) in [7, 11) is 1.73. The number of hydrogen-bond acceptors (Lipinski definition) is 3. The van der Waals surface area contributed by atoms with Crippen molar-refractivity contribution in [3.05, 3.63) is 35.4 Å². The van der Waals surface area contributed by atoms with Crippen molar-refractivity contribution < 1.29 is 4.74 Å². The van der Waals surface area contributed by atoms with Crippen LogP contribution < -0.4 is 10.6 Å². The van der Waals surface area contributed by atoms with Gasteiger partial charge in [0.25, 0.3) is 0 Å². The topological polar surface area (TPSA) is 33.3 Å². The van der Waals surface area contributed by atoms with Gasteiger partial charge in [-0.05, 0) is 31.9 Å². The van der Waals surface area contributed by atoms with Gasteiger partial charge in [0.05, 0.1) is 6.61 Å². The summed E-state index contributed by atoms with van der Waals surface area (Å²) in [6.45, 7) is 10.1. The maximum Gasteiger partial charge on any atom is 0.0713 e. The maximum atomic E-state index is 5.13. The largest absolute Gasteiger partial charge is 0.380 e. The van der Waals surface area contributed by atoms with Crippen LogP contribution in [0.5, 0.6) is 0 Å². The smallest absolute Gasteiger partial charge is 0.0713 e. The van der Waals surface area contributed by atoms with E-state index in [1.165, 1.54) is 11.1 Å². The summed E-state index contributed by atoms with van der Waals surface area (Å²) in [5.41, 5.74) is 2.73. The van der Waals surface area contributed by atoms with Crippen LogP contribution in [0.4, 0.5) is 0 Å². The van der Waals surface area contributed by atoms with Gasteiger partial charge >= 0.3 is 0 Å². The van der Waals surface area contributed by atoms with Crippen LogP contribution >= 0.6 is 0 Å². The van der Waals surface area contributed by atoms with Gasteiger partial charge in [0.15, 0.2) is 0 Å². The molecule has 0 aliphatic carbocycles. The van der Waals surface area contributed by atoms with Crippen LogP contribution in [0.3, 0.4) is 0 Å². The van der Waals surface area contributed by atoms with Crippen molar-refractivity contribution in [2.75, 3.05) is 20.2 Å². The van der Waals surface area contributed by atoms with Gasteiger partial charge in [-0.15, -0.1) is 0 Å². The molecule has 0 saturated carbocycles. The van der Waals surface area contributed by atoms with Gasteiger partial charge in [-0.3, -0.25) is 0 Å². The van der Waals surface area contributed by atoms with Crippen LogP contribution in [0.15, 0.2) is 24.3 Å². The van der Waals surface area contributed by atoms with E-state index < -0.39 is 0 Å². The molecule has 0 aromatic heterocycles. The second kappa shape index (κ2) is 7.52. The second-order valence-corrected chi connectivity index (χ2v) is 5.61. The molecule has 1 aromatic carbocycles. The molecule has 18 heavy (non-hydrogen) atoms. The van der Waals surface area contributed by atoms with E-state index in [0.29, 0.717) is 6.61 Å². The van der Waals surface area contributed by atoms with Crippen LogP contribution in [0.2, 0.25) is 0 Å². The van der Waals surface area contributed by atoms with E-state index in [1.54, 1.807) is 7.11 Å². The van der Waals surface area contributed by atoms with E-state index in [-0.39, 0.29) is 5.54 Å². The highest BCUT2D eigenvalue weighted by atomic mass is 16.5. The van der Waals surface area contributed by atoms with Gasteiger partial charge in [-0.2, -0.15) is 0 Å². The second-order valence-electron chi connectivity index (χ2n) is 5.61. The molecular formula is C15H26N2O. The van der Waals surface area contributed by atoms with Crippen molar-refractivity contribution >= 4 is 0 Å². The van der Waals surface area contributed by atoms with Crippen LogP contribution in [-0.2, 0) is 17.9 Å². The van der Waals surface area contributed by atoms with Gasteiger partial charge in [0.1, 0.15) is 0 Å². The summed E-state index contributed by atoms with van der Waals surface area (Å²) >= 11 is 0. The number of ether oxygens (including phenoxy) is 1. The molecule has 0 saturated heterocycles. The van der Waals surface area contributed by atoms with Gasteiger partial charge in [0, 0.05) is 32.3 Å². The Kier molecular flexibility index (Phi) is 6.33. The molecule has 0 spiro atoms. The van der Waals surface area contributed by atoms with Gasteiger partial charge in [-0.1, -0.05) is 24.3 Å². The molecule has 0 bridgehead atoms. The van der Waals surface area contributed by atoms with Gasteiger partial charge in [0.2, 0.25) is 0 Å². The lowest BCUT2D eigenvalue weighted by Crippen LogP contribution is -2.40. The molecule has 102 valence electrons. The molecule has 3 nitrogen and oxygen atoms in total. The zero-order valence-electron chi connectivity index (χ0n) is 12.0. The van der Waals surface area contributed by atoms with Crippen molar-refractivity contribution in [3.8, 4) is 0 Å². The van der Waals surface area contributed by atoms with Crippen molar-refractivity contribution in [3.63, 3.8) is 0 Å². The monoisotopic (exact) mass is 250 g/mol. The third-order valence-electron chi connectivity index (χ3n) is 2.59. The molecule has 0 amide bonds. The van der Waals surface area contributed by atoms with E-state index in [9.17, 15) is 0 Å². The molecule has 1 aromatic rings. The van der Waals surface area contributed by atoms with Gasteiger partial charge in [-0.25, -0.2) is 0 Å². The Balaban J connectivity index is 2.24. The summed E-state index contributed by atoms with van der Waals surface area (Å²) in [4.78, 5) is 0. The van der Waals surface area contributed by atoms with Crippen LogP contribution in [0.25, 0.3) is 0 Å². The summed E-state index contributed by atoms with van der Waals surface area (Å²) in [5, 5.41) is 6.90. The fraction of sp³-hybridized carbons (Fsp3) is 0.600. The predicted molar refractivity (Wildman–Crippen MR) is 76.6 cm³/mol. The van der Waals surface area contributed by atoms with E-state index in [2.05, 4.69) is 55.7 Å². The first-order valence-corrected chi connectivity index (χ1v) is 6.54. The summed E-state index contributed by atoms with van der Waals surface area (Å²) < 4.78 is 5.13. The Hall–Kier alpha value is -0.900. The number of rotatable bonds is 7. The minimum atomic E-state index is 0.195. The van der Waals surface area contributed by atoms with Crippen molar-refractivity contribution in [2.45, 2.75) is 39.5 Å². The highest BCUT2D eigenvalue weighted by Crippen LogP contribution is 2.06. The average molecular weight is 250 g/mol. The molecule has 0 fully saturated rings. The Labute approximate surface area is 111 Å². The third-order valence-corrected chi connectivity index (χ3v) is 2.59. The molecule has 0 heterocycles. The van der Waals surface area contributed by atoms with E-state index in [0.717, 1.165) is 19.6 Å². The minimum Gasteiger partial charge on any atom is -0.380 e. The molecule has 0 aliphatic rings. The maximum absolute atomic E-state index is 5.13. The SMILES string of the molecule is COCc1cccc(CNCCNC(C)(C)C)c1. The van der Waals surface area contributed by atoms with Crippen LogP contribution in [0.1, 0.15) is 31.9 Å². The Bertz CT molecular complexity index is 345. The molecule has 0 unspecified atom stereocenters.